The highest BCUT2D eigenvalue weighted by Gasteiger charge is 2.06. The van der Waals surface area contributed by atoms with Crippen LogP contribution < -0.4 is 16.2 Å². The number of nitrogens with one attached hydrogen (secondary N) is 3. The van der Waals surface area contributed by atoms with E-state index < -0.39 is 11.8 Å². The fourth-order valence-electron chi connectivity index (χ4n) is 1.68. The molecule has 0 spiro atoms. The van der Waals surface area contributed by atoms with Gasteiger partial charge in [-0.05, 0) is 48.1 Å². The van der Waals surface area contributed by atoms with E-state index in [0.717, 1.165) is 0 Å². The lowest BCUT2D eigenvalue weighted by Crippen LogP contribution is -2.48. The molecule has 0 fully saturated rings. The summed E-state index contributed by atoms with van der Waals surface area (Å²) in [5, 5.41) is 3.25. The van der Waals surface area contributed by atoms with Crippen molar-refractivity contribution in [3.8, 4) is 0 Å². The summed E-state index contributed by atoms with van der Waals surface area (Å²) >= 11 is 16.7. The van der Waals surface area contributed by atoms with Gasteiger partial charge in [-0.25, -0.2) is 0 Å². The molecule has 9 heteroatoms. The van der Waals surface area contributed by atoms with Gasteiger partial charge in [0, 0.05) is 34.1 Å². The largest absolute Gasteiger partial charge is 0.298 e. The third kappa shape index (κ3) is 6.15. The molecule has 0 saturated heterocycles. The first kappa shape index (κ1) is 18.9. The number of halogens is 2. The molecule has 2 aromatic rings. The molecule has 25 heavy (non-hydrogen) atoms. The molecule has 1 aromatic carbocycles. The van der Waals surface area contributed by atoms with E-state index >= 15 is 0 Å². The SMILES string of the molecule is O=C(/C=C/c1ccc(Cl)cc1Cl)NC(=S)NNC(=O)c1ccncc1. The highest BCUT2D eigenvalue weighted by atomic mass is 35.5. The van der Waals surface area contributed by atoms with Crippen LogP contribution in [0.15, 0.2) is 48.8 Å². The first-order valence-corrected chi connectivity index (χ1v) is 8.06. The van der Waals surface area contributed by atoms with E-state index in [1.165, 1.54) is 36.7 Å². The van der Waals surface area contributed by atoms with E-state index in [4.69, 9.17) is 35.4 Å². The van der Waals surface area contributed by atoms with Gasteiger partial charge < -0.3 is 0 Å². The number of thiocarbonyl (C=S) groups is 1. The third-order valence-electron chi connectivity index (χ3n) is 2.85. The van der Waals surface area contributed by atoms with Crippen molar-refractivity contribution >= 4 is 58.4 Å². The average Bonchev–Trinajstić information content (AvgIpc) is 2.59. The molecule has 0 aliphatic rings. The van der Waals surface area contributed by atoms with Crippen LogP contribution in [-0.2, 0) is 4.79 Å². The molecule has 2 amide bonds. The number of hydrogen-bond donors (Lipinski definition) is 3. The second-order valence-corrected chi connectivity index (χ2v) is 5.88. The molecule has 0 radical (unpaired) electrons. The minimum Gasteiger partial charge on any atom is -0.298 e. The zero-order valence-electron chi connectivity index (χ0n) is 12.6. The molecule has 0 aliphatic carbocycles. The van der Waals surface area contributed by atoms with Gasteiger partial charge in [-0.15, -0.1) is 0 Å². The summed E-state index contributed by atoms with van der Waals surface area (Å²) in [7, 11) is 0. The molecular formula is C16H12Cl2N4O2S. The lowest BCUT2D eigenvalue weighted by molar-refractivity contribution is -0.115. The second kappa shape index (κ2) is 9.12. The van der Waals surface area contributed by atoms with Crippen LogP contribution in [0.3, 0.4) is 0 Å². The van der Waals surface area contributed by atoms with Crippen LogP contribution in [0.5, 0.6) is 0 Å². The Labute approximate surface area is 159 Å². The Morgan fingerprint density at radius 1 is 1.08 bits per heavy atom. The van der Waals surface area contributed by atoms with Gasteiger partial charge in [0.25, 0.3) is 5.91 Å². The number of benzene rings is 1. The van der Waals surface area contributed by atoms with Gasteiger partial charge >= 0.3 is 0 Å². The van der Waals surface area contributed by atoms with Crippen LogP contribution >= 0.6 is 35.4 Å². The number of nitrogens with zero attached hydrogens (tertiary/aromatic N) is 1. The molecule has 1 heterocycles. The molecule has 0 bridgehead atoms. The van der Waals surface area contributed by atoms with Gasteiger partial charge in [-0.3, -0.25) is 30.7 Å². The van der Waals surface area contributed by atoms with Crippen LogP contribution in [0.2, 0.25) is 10.0 Å². The highest BCUT2D eigenvalue weighted by Crippen LogP contribution is 2.21. The number of pyridine rings is 1. The normalized spacial score (nSPS) is 10.3. The fourth-order valence-corrected chi connectivity index (χ4v) is 2.30. The maximum atomic E-state index is 11.8. The molecule has 0 aliphatic heterocycles. The fraction of sp³-hybridized carbons (Fsp3) is 0. The van der Waals surface area contributed by atoms with Gasteiger partial charge in [0.1, 0.15) is 0 Å². The van der Waals surface area contributed by atoms with E-state index in [2.05, 4.69) is 21.2 Å². The summed E-state index contributed by atoms with van der Waals surface area (Å²) < 4.78 is 0. The number of hydrogen-bond acceptors (Lipinski definition) is 4. The van der Waals surface area contributed by atoms with Gasteiger partial charge in [0.05, 0.1) is 0 Å². The van der Waals surface area contributed by atoms with Gasteiger partial charge in [-0.1, -0.05) is 29.3 Å². The maximum absolute atomic E-state index is 11.8. The average molecular weight is 395 g/mol. The van der Waals surface area contributed by atoms with Crippen molar-refractivity contribution in [1.29, 1.82) is 0 Å². The summed E-state index contributed by atoms with van der Waals surface area (Å²) in [5.41, 5.74) is 5.82. The molecule has 128 valence electrons. The van der Waals surface area contributed by atoms with E-state index in [9.17, 15) is 9.59 Å². The third-order valence-corrected chi connectivity index (χ3v) is 3.61. The number of carbonyl (C=O) groups is 2. The highest BCUT2D eigenvalue weighted by molar-refractivity contribution is 7.80. The zero-order chi connectivity index (χ0) is 18.2. The summed E-state index contributed by atoms with van der Waals surface area (Å²) in [5.74, 6) is -0.899. The van der Waals surface area contributed by atoms with Crippen molar-refractivity contribution in [3.05, 3.63) is 70.0 Å². The Kier molecular flexibility index (Phi) is 6.88. The predicted molar refractivity (Wildman–Crippen MR) is 101 cm³/mol. The number of amides is 2. The van der Waals surface area contributed by atoms with Crippen LogP contribution in [0.25, 0.3) is 6.08 Å². The lowest BCUT2D eigenvalue weighted by atomic mass is 10.2. The minimum absolute atomic E-state index is 0.0562. The zero-order valence-corrected chi connectivity index (χ0v) is 15.0. The van der Waals surface area contributed by atoms with Crippen LogP contribution in [0.4, 0.5) is 0 Å². The van der Waals surface area contributed by atoms with Crippen molar-refractivity contribution in [2.75, 3.05) is 0 Å². The molecule has 2 rings (SSSR count). The van der Waals surface area contributed by atoms with Crippen molar-refractivity contribution < 1.29 is 9.59 Å². The molecule has 0 atom stereocenters. The molecule has 0 saturated carbocycles. The number of rotatable bonds is 3. The smallest absolute Gasteiger partial charge is 0.269 e. The van der Waals surface area contributed by atoms with Crippen LogP contribution in [0, 0.1) is 0 Å². The van der Waals surface area contributed by atoms with E-state index in [-0.39, 0.29) is 5.11 Å². The molecule has 0 unspecified atom stereocenters. The van der Waals surface area contributed by atoms with Gasteiger partial charge in [-0.2, -0.15) is 0 Å². The van der Waals surface area contributed by atoms with Crippen LogP contribution in [-0.4, -0.2) is 21.9 Å². The summed E-state index contributed by atoms with van der Waals surface area (Å²) in [6.07, 6.45) is 5.75. The van der Waals surface area contributed by atoms with E-state index in [0.29, 0.717) is 21.2 Å². The molecule has 3 N–H and O–H groups in total. The standard InChI is InChI=1S/C16H12Cl2N4O2S/c17-12-3-1-10(13(18)9-12)2-4-14(23)20-16(25)22-21-15(24)11-5-7-19-8-6-11/h1-9H,(H,21,24)(H2,20,22,23,25)/b4-2+. The lowest BCUT2D eigenvalue weighted by Gasteiger charge is -2.09. The van der Waals surface area contributed by atoms with Gasteiger partial charge in [0.15, 0.2) is 5.11 Å². The van der Waals surface area contributed by atoms with Gasteiger partial charge in [0.2, 0.25) is 5.91 Å². The maximum Gasteiger partial charge on any atom is 0.269 e. The predicted octanol–water partition coefficient (Wildman–Crippen LogP) is 2.74. The number of hydrazine groups is 1. The topological polar surface area (TPSA) is 83.1 Å². The van der Waals surface area contributed by atoms with Crippen molar-refractivity contribution in [1.82, 2.24) is 21.2 Å². The van der Waals surface area contributed by atoms with Crippen molar-refractivity contribution in [2.24, 2.45) is 0 Å². The molecule has 1 aromatic heterocycles. The first-order valence-electron chi connectivity index (χ1n) is 6.90. The Balaban J connectivity index is 1.83. The Hall–Kier alpha value is -2.48. The summed E-state index contributed by atoms with van der Waals surface area (Å²) in [6.45, 7) is 0. The monoisotopic (exact) mass is 394 g/mol. The molecule has 6 nitrogen and oxygen atoms in total. The summed E-state index contributed by atoms with van der Waals surface area (Å²) in [6, 6.07) is 7.99. The van der Waals surface area contributed by atoms with Crippen molar-refractivity contribution in [2.45, 2.75) is 0 Å². The quantitative estimate of drug-likeness (QED) is 0.423. The van der Waals surface area contributed by atoms with E-state index in [1.54, 1.807) is 18.2 Å². The molecular weight excluding hydrogens is 383 g/mol. The Morgan fingerprint density at radius 3 is 2.48 bits per heavy atom. The Bertz CT molecular complexity index is 828. The number of aromatic nitrogens is 1. The second-order valence-electron chi connectivity index (χ2n) is 4.63. The van der Waals surface area contributed by atoms with E-state index in [1.807, 2.05) is 0 Å². The summed E-state index contributed by atoms with van der Waals surface area (Å²) in [4.78, 5) is 27.4. The number of carbonyl (C=O) groups excluding carboxylic acids is 2. The first-order chi connectivity index (χ1) is 12.0. The van der Waals surface area contributed by atoms with Crippen LogP contribution in [0.1, 0.15) is 15.9 Å². The minimum atomic E-state index is -0.485. The van der Waals surface area contributed by atoms with Crippen molar-refractivity contribution in [3.63, 3.8) is 0 Å². The Morgan fingerprint density at radius 2 is 1.80 bits per heavy atom.